The van der Waals surface area contributed by atoms with Crippen LogP contribution in [-0.4, -0.2) is 53.2 Å². The minimum Gasteiger partial charge on any atom is -0.444 e. The molecular weight excluding hydrogens is 336 g/mol. The summed E-state index contributed by atoms with van der Waals surface area (Å²) in [6.45, 7) is 12.1. The van der Waals surface area contributed by atoms with E-state index < -0.39 is 5.60 Å². The van der Waals surface area contributed by atoms with Crippen LogP contribution in [0.4, 0.5) is 4.79 Å². The van der Waals surface area contributed by atoms with Gasteiger partial charge in [-0.3, -0.25) is 4.90 Å². The largest absolute Gasteiger partial charge is 0.444 e. The van der Waals surface area contributed by atoms with E-state index >= 15 is 0 Å². The number of carbonyl (C=O) groups is 1. The molecule has 3 rings (SSSR count). The van der Waals surface area contributed by atoms with Crippen LogP contribution in [0.15, 0.2) is 30.3 Å². The molecule has 0 unspecified atom stereocenters. The molecule has 27 heavy (non-hydrogen) atoms. The molecule has 4 heteroatoms. The molecule has 2 heterocycles. The maximum Gasteiger partial charge on any atom is 0.410 e. The number of ether oxygens (including phenoxy) is 1. The number of likely N-dealkylation sites (tertiary alicyclic amines) is 2. The predicted octanol–water partition coefficient (Wildman–Crippen LogP) is 4.73. The third-order valence-electron chi connectivity index (χ3n) is 6.24. The molecule has 1 aromatic carbocycles. The zero-order valence-corrected chi connectivity index (χ0v) is 17.5. The van der Waals surface area contributed by atoms with Crippen molar-refractivity contribution in [3.63, 3.8) is 0 Å². The number of amides is 1. The van der Waals surface area contributed by atoms with Crippen molar-refractivity contribution in [3.8, 4) is 0 Å². The molecular formula is C23H36N2O2. The lowest BCUT2D eigenvalue weighted by Gasteiger charge is -2.49. The van der Waals surface area contributed by atoms with Gasteiger partial charge in [0.1, 0.15) is 5.60 Å². The van der Waals surface area contributed by atoms with Crippen molar-refractivity contribution in [2.75, 3.05) is 26.2 Å². The van der Waals surface area contributed by atoms with Gasteiger partial charge in [0.25, 0.3) is 0 Å². The summed E-state index contributed by atoms with van der Waals surface area (Å²) >= 11 is 0. The standard InChI is InChI=1S/C23H36N2O2/c1-22(2,3)27-21(26)24-16-12-23(4,13-17-24)25-14-10-20(11-15-25)18-19-8-6-5-7-9-19/h5-9,20H,10-18H2,1-4H3. The molecule has 2 saturated heterocycles. The molecule has 0 N–H and O–H groups in total. The summed E-state index contributed by atoms with van der Waals surface area (Å²) in [7, 11) is 0. The summed E-state index contributed by atoms with van der Waals surface area (Å²) in [5.74, 6) is 0.800. The number of carbonyl (C=O) groups excluding carboxylic acids is 1. The summed E-state index contributed by atoms with van der Waals surface area (Å²) < 4.78 is 5.53. The first-order chi connectivity index (χ1) is 12.8. The Hall–Kier alpha value is -1.55. The highest BCUT2D eigenvalue weighted by molar-refractivity contribution is 5.68. The van der Waals surface area contributed by atoms with Crippen molar-refractivity contribution in [2.45, 2.75) is 70.9 Å². The van der Waals surface area contributed by atoms with Crippen LogP contribution in [0.1, 0.15) is 58.9 Å². The SMILES string of the molecule is CC(C)(C)OC(=O)N1CCC(C)(N2CCC(Cc3ccccc3)CC2)CC1. The average molecular weight is 373 g/mol. The summed E-state index contributed by atoms with van der Waals surface area (Å²) in [4.78, 5) is 16.9. The van der Waals surface area contributed by atoms with Gasteiger partial charge in [0.15, 0.2) is 0 Å². The molecule has 1 aromatic rings. The smallest absolute Gasteiger partial charge is 0.410 e. The van der Waals surface area contributed by atoms with Crippen LogP contribution in [-0.2, 0) is 11.2 Å². The van der Waals surface area contributed by atoms with E-state index in [0.717, 1.165) is 31.8 Å². The number of rotatable bonds is 3. The molecule has 150 valence electrons. The molecule has 0 bridgehead atoms. The Kier molecular flexibility index (Phi) is 6.15. The monoisotopic (exact) mass is 372 g/mol. The molecule has 0 spiro atoms. The van der Waals surface area contributed by atoms with Gasteiger partial charge in [-0.15, -0.1) is 0 Å². The van der Waals surface area contributed by atoms with Crippen LogP contribution >= 0.6 is 0 Å². The van der Waals surface area contributed by atoms with Crippen molar-refractivity contribution in [3.05, 3.63) is 35.9 Å². The zero-order valence-electron chi connectivity index (χ0n) is 17.5. The molecule has 0 atom stereocenters. The van der Waals surface area contributed by atoms with Gasteiger partial charge in [0.2, 0.25) is 0 Å². The normalized spacial score (nSPS) is 21.9. The van der Waals surface area contributed by atoms with E-state index in [1.54, 1.807) is 0 Å². The molecule has 0 saturated carbocycles. The molecule has 2 aliphatic heterocycles. The van der Waals surface area contributed by atoms with E-state index in [4.69, 9.17) is 4.74 Å². The van der Waals surface area contributed by atoms with Gasteiger partial charge in [-0.1, -0.05) is 30.3 Å². The lowest BCUT2D eigenvalue weighted by atomic mass is 9.83. The Morgan fingerprint density at radius 2 is 1.67 bits per heavy atom. The maximum absolute atomic E-state index is 12.3. The van der Waals surface area contributed by atoms with Crippen LogP contribution in [0.5, 0.6) is 0 Å². The minimum absolute atomic E-state index is 0.161. The second-order valence-corrected chi connectivity index (χ2v) is 9.58. The summed E-state index contributed by atoms with van der Waals surface area (Å²) in [5.41, 5.74) is 1.27. The highest BCUT2D eigenvalue weighted by Crippen LogP contribution is 2.33. The van der Waals surface area contributed by atoms with Crippen molar-refractivity contribution < 1.29 is 9.53 Å². The third kappa shape index (κ3) is 5.47. The van der Waals surface area contributed by atoms with E-state index in [-0.39, 0.29) is 11.6 Å². The highest BCUT2D eigenvalue weighted by atomic mass is 16.6. The Bertz CT molecular complexity index is 607. The Morgan fingerprint density at radius 3 is 2.22 bits per heavy atom. The van der Waals surface area contributed by atoms with E-state index in [1.807, 2.05) is 25.7 Å². The Labute approximate surface area is 164 Å². The van der Waals surface area contributed by atoms with Gasteiger partial charge in [0.05, 0.1) is 0 Å². The average Bonchev–Trinajstić information content (AvgIpc) is 2.62. The van der Waals surface area contributed by atoms with Crippen LogP contribution in [0.3, 0.4) is 0 Å². The topological polar surface area (TPSA) is 32.8 Å². The second kappa shape index (κ2) is 8.22. The molecule has 2 fully saturated rings. The molecule has 2 aliphatic rings. The van der Waals surface area contributed by atoms with Gasteiger partial charge in [-0.2, -0.15) is 0 Å². The highest BCUT2D eigenvalue weighted by Gasteiger charge is 2.39. The first-order valence-electron chi connectivity index (χ1n) is 10.5. The van der Waals surface area contributed by atoms with Gasteiger partial charge in [-0.25, -0.2) is 4.79 Å². The van der Waals surface area contributed by atoms with E-state index in [9.17, 15) is 4.79 Å². The summed E-state index contributed by atoms with van der Waals surface area (Å²) in [6, 6.07) is 10.9. The second-order valence-electron chi connectivity index (χ2n) is 9.58. The van der Waals surface area contributed by atoms with Crippen molar-refractivity contribution >= 4 is 6.09 Å². The van der Waals surface area contributed by atoms with Gasteiger partial charge in [-0.05, 0) is 84.4 Å². The fraction of sp³-hybridized carbons (Fsp3) is 0.696. The Morgan fingerprint density at radius 1 is 1.07 bits per heavy atom. The fourth-order valence-corrected chi connectivity index (χ4v) is 4.44. The zero-order chi connectivity index (χ0) is 19.5. The lowest BCUT2D eigenvalue weighted by Crippen LogP contribution is -2.56. The number of piperidine rings is 2. The quantitative estimate of drug-likeness (QED) is 0.769. The number of benzene rings is 1. The van der Waals surface area contributed by atoms with Crippen LogP contribution in [0, 0.1) is 5.92 Å². The van der Waals surface area contributed by atoms with Gasteiger partial charge < -0.3 is 9.64 Å². The van der Waals surface area contributed by atoms with E-state index in [1.165, 1.54) is 37.9 Å². The van der Waals surface area contributed by atoms with Gasteiger partial charge >= 0.3 is 6.09 Å². The summed E-state index contributed by atoms with van der Waals surface area (Å²) in [5, 5.41) is 0. The molecule has 0 aliphatic carbocycles. The third-order valence-corrected chi connectivity index (χ3v) is 6.24. The van der Waals surface area contributed by atoms with Gasteiger partial charge in [0, 0.05) is 18.6 Å². The molecule has 1 amide bonds. The Balaban J connectivity index is 1.47. The van der Waals surface area contributed by atoms with Crippen LogP contribution < -0.4 is 0 Å². The number of hydrogen-bond acceptors (Lipinski definition) is 3. The lowest BCUT2D eigenvalue weighted by molar-refractivity contribution is -0.0105. The minimum atomic E-state index is -0.418. The molecule has 0 aromatic heterocycles. The van der Waals surface area contributed by atoms with Crippen molar-refractivity contribution in [1.82, 2.24) is 9.80 Å². The van der Waals surface area contributed by atoms with Crippen molar-refractivity contribution in [1.29, 1.82) is 0 Å². The van der Waals surface area contributed by atoms with E-state index in [0.29, 0.717) is 0 Å². The maximum atomic E-state index is 12.3. The first-order valence-corrected chi connectivity index (χ1v) is 10.5. The molecule has 4 nitrogen and oxygen atoms in total. The van der Waals surface area contributed by atoms with Crippen molar-refractivity contribution in [2.24, 2.45) is 5.92 Å². The fourth-order valence-electron chi connectivity index (χ4n) is 4.44. The summed E-state index contributed by atoms with van der Waals surface area (Å²) in [6.07, 6.45) is 5.68. The number of hydrogen-bond donors (Lipinski definition) is 0. The number of nitrogens with zero attached hydrogens (tertiary/aromatic N) is 2. The first kappa shape index (κ1) is 20.2. The predicted molar refractivity (Wildman–Crippen MR) is 110 cm³/mol. The van der Waals surface area contributed by atoms with Crippen LogP contribution in [0.25, 0.3) is 0 Å². The molecule has 0 radical (unpaired) electrons. The van der Waals surface area contributed by atoms with E-state index in [2.05, 4.69) is 42.2 Å². The van der Waals surface area contributed by atoms with Crippen LogP contribution in [0.2, 0.25) is 0 Å².